The number of nitrogens with zero attached hydrogens (tertiary/aromatic N) is 1. The van der Waals surface area contributed by atoms with Crippen molar-refractivity contribution in [2.45, 2.75) is 0 Å². The second-order valence-electron chi connectivity index (χ2n) is 3.94. The molecule has 0 saturated carbocycles. The molecule has 0 aliphatic rings. The van der Waals surface area contributed by atoms with Gasteiger partial charge in [0.25, 0.3) is 0 Å². The molecule has 2 aromatic heterocycles. The van der Waals surface area contributed by atoms with E-state index in [1.54, 1.807) is 18.5 Å². The number of benzene rings is 1. The summed E-state index contributed by atoms with van der Waals surface area (Å²) < 4.78 is 0.859. The van der Waals surface area contributed by atoms with E-state index >= 15 is 0 Å². The van der Waals surface area contributed by atoms with E-state index in [1.165, 1.54) is 0 Å². The number of rotatable bonds is 2. The fourth-order valence-electron chi connectivity index (χ4n) is 1.91. The molecule has 4 heteroatoms. The second-order valence-corrected chi connectivity index (χ2v) is 4.85. The SMILES string of the molecule is O=C(c1ccc(Br)cn1)c1c[nH]c2ccccc12. The summed E-state index contributed by atoms with van der Waals surface area (Å²) in [5.74, 6) is -0.0695. The molecule has 0 atom stereocenters. The topological polar surface area (TPSA) is 45.8 Å². The number of carbonyl (C=O) groups excluding carboxylic acids is 1. The third kappa shape index (κ3) is 1.84. The van der Waals surface area contributed by atoms with Gasteiger partial charge in [-0.25, -0.2) is 0 Å². The van der Waals surface area contributed by atoms with Gasteiger partial charge in [0.1, 0.15) is 5.69 Å². The van der Waals surface area contributed by atoms with Crippen molar-refractivity contribution in [2.75, 3.05) is 0 Å². The van der Waals surface area contributed by atoms with E-state index in [2.05, 4.69) is 25.9 Å². The van der Waals surface area contributed by atoms with Gasteiger partial charge in [-0.2, -0.15) is 0 Å². The lowest BCUT2D eigenvalue weighted by Gasteiger charge is -1.99. The Balaban J connectivity index is 2.09. The van der Waals surface area contributed by atoms with Crippen LogP contribution in [0.5, 0.6) is 0 Å². The van der Waals surface area contributed by atoms with Crippen molar-refractivity contribution in [1.82, 2.24) is 9.97 Å². The van der Waals surface area contributed by atoms with Crippen LogP contribution in [-0.2, 0) is 0 Å². The van der Waals surface area contributed by atoms with Crippen LogP contribution < -0.4 is 0 Å². The molecular weight excluding hydrogens is 292 g/mol. The zero-order valence-corrected chi connectivity index (χ0v) is 10.9. The Morgan fingerprint density at radius 1 is 1.17 bits per heavy atom. The van der Waals surface area contributed by atoms with Crippen LogP contribution in [0.1, 0.15) is 16.1 Å². The number of hydrogen-bond acceptors (Lipinski definition) is 2. The Kier molecular flexibility index (Phi) is 2.72. The predicted molar refractivity (Wildman–Crippen MR) is 73.7 cm³/mol. The molecule has 0 spiro atoms. The molecule has 0 saturated heterocycles. The molecule has 3 nitrogen and oxygen atoms in total. The van der Waals surface area contributed by atoms with Gasteiger partial charge in [-0.3, -0.25) is 9.78 Å². The molecule has 0 unspecified atom stereocenters. The number of ketones is 1. The van der Waals surface area contributed by atoms with Gasteiger partial charge in [-0.1, -0.05) is 18.2 Å². The van der Waals surface area contributed by atoms with Crippen molar-refractivity contribution in [3.8, 4) is 0 Å². The maximum atomic E-state index is 12.3. The monoisotopic (exact) mass is 300 g/mol. The summed E-state index contributed by atoms with van der Waals surface area (Å²) in [6, 6.07) is 11.3. The van der Waals surface area contributed by atoms with E-state index in [0.29, 0.717) is 11.3 Å². The maximum absolute atomic E-state index is 12.3. The second kappa shape index (κ2) is 4.38. The van der Waals surface area contributed by atoms with E-state index in [9.17, 15) is 4.79 Å². The number of hydrogen-bond donors (Lipinski definition) is 1. The Morgan fingerprint density at radius 2 is 2.00 bits per heavy atom. The first-order chi connectivity index (χ1) is 8.75. The Hall–Kier alpha value is -1.94. The van der Waals surface area contributed by atoms with Gasteiger partial charge in [0.2, 0.25) is 5.78 Å². The largest absolute Gasteiger partial charge is 0.360 e. The molecule has 0 aliphatic heterocycles. The minimum Gasteiger partial charge on any atom is -0.360 e. The first-order valence-corrected chi connectivity index (χ1v) is 6.27. The minimum absolute atomic E-state index is 0.0695. The number of halogens is 1. The fourth-order valence-corrected chi connectivity index (χ4v) is 2.14. The number of para-hydroxylation sites is 1. The molecule has 0 fully saturated rings. The summed E-state index contributed by atoms with van der Waals surface area (Å²) in [6.07, 6.45) is 3.36. The van der Waals surface area contributed by atoms with Crippen molar-refractivity contribution < 1.29 is 4.79 Å². The number of fused-ring (bicyclic) bond motifs is 1. The van der Waals surface area contributed by atoms with E-state index in [-0.39, 0.29) is 5.78 Å². The third-order valence-electron chi connectivity index (χ3n) is 2.79. The number of aromatic nitrogens is 2. The summed E-state index contributed by atoms with van der Waals surface area (Å²) in [5, 5.41) is 0.923. The zero-order valence-electron chi connectivity index (χ0n) is 9.35. The van der Waals surface area contributed by atoms with E-state index in [1.807, 2.05) is 30.3 Å². The van der Waals surface area contributed by atoms with Gasteiger partial charge >= 0.3 is 0 Å². The maximum Gasteiger partial charge on any atom is 0.213 e. The number of carbonyl (C=O) groups is 1. The quantitative estimate of drug-likeness (QED) is 0.736. The molecule has 1 N–H and O–H groups in total. The standard InChI is InChI=1S/C14H9BrN2O/c15-9-5-6-13(16-7-9)14(18)11-8-17-12-4-2-1-3-10(11)12/h1-8,17H. The lowest BCUT2D eigenvalue weighted by molar-refractivity contribution is 0.103. The number of H-pyrrole nitrogens is 1. The van der Waals surface area contributed by atoms with Gasteiger partial charge in [-0.15, -0.1) is 0 Å². The van der Waals surface area contributed by atoms with Crippen LogP contribution in [0.2, 0.25) is 0 Å². The van der Waals surface area contributed by atoms with Gasteiger partial charge in [-0.05, 0) is 34.1 Å². The zero-order chi connectivity index (χ0) is 12.5. The molecular formula is C14H9BrN2O. The summed E-state index contributed by atoms with van der Waals surface area (Å²) in [5.41, 5.74) is 2.06. The van der Waals surface area contributed by atoms with E-state index in [0.717, 1.165) is 15.4 Å². The summed E-state index contributed by atoms with van der Waals surface area (Å²) in [4.78, 5) is 19.6. The van der Waals surface area contributed by atoms with Gasteiger partial charge < -0.3 is 4.98 Å². The minimum atomic E-state index is -0.0695. The molecule has 3 aromatic rings. The number of aromatic amines is 1. The first kappa shape index (κ1) is 11.2. The summed E-state index contributed by atoms with van der Waals surface area (Å²) in [7, 11) is 0. The Bertz CT molecular complexity index is 716. The van der Waals surface area contributed by atoms with Gasteiger partial charge in [0, 0.05) is 33.3 Å². The van der Waals surface area contributed by atoms with Crippen LogP contribution in [0.4, 0.5) is 0 Å². The smallest absolute Gasteiger partial charge is 0.213 e. The molecule has 2 heterocycles. The van der Waals surface area contributed by atoms with Crippen molar-refractivity contribution in [1.29, 1.82) is 0 Å². The van der Waals surface area contributed by atoms with Gasteiger partial charge in [0.15, 0.2) is 0 Å². The van der Waals surface area contributed by atoms with Crippen LogP contribution in [0.15, 0.2) is 53.3 Å². The molecule has 0 radical (unpaired) electrons. The van der Waals surface area contributed by atoms with Crippen LogP contribution in [0.3, 0.4) is 0 Å². The van der Waals surface area contributed by atoms with Gasteiger partial charge in [0.05, 0.1) is 0 Å². The third-order valence-corrected chi connectivity index (χ3v) is 3.26. The Labute approximate surface area is 112 Å². The average Bonchev–Trinajstić information content (AvgIpc) is 2.82. The van der Waals surface area contributed by atoms with Crippen molar-refractivity contribution in [3.63, 3.8) is 0 Å². The first-order valence-electron chi connectivity index (χ1n) is 5.48. The predicted octanol–water partition coefficient (Wildman–Crippen LogP) is 3.56. The molecule has 0 bridgehead atoms. The molecule has 1 aromatic carbocycles. The lowest BCUT2D eigenvalue weighted by atomic mass is 10.1. The highest BCUT2D eigenvalue weighted by molar-refractivity contribution is 9.10. The van der Waals surface area contributed by atoms with E-state index in [4.69, 9.17) is 0 Å². The van der Waals surface area contributed by atoms with Crippen molar-refractivity contribution in [3.05, 3.63) is 64.5 Å². The molecule has 18 heavy (non-hydrogen) atoms. The average molecular weight is 301 g/mol. The number of nitrogens with one attached hydrogen (secondary N) is 1. The summed E-state index contributed by atoms with van der Waals surface area (Å²) in [6.45, 7) is 0. The van der Waals surface area contributed by atoms with E-state index < -0.39 is 0 Å². The highest BCUT2D eigenvalue weighted by atomic mass is 79.9. The molecule has 0 amide bonds. The lowest BCUT2D eigenvalue weighted by Crippen LogP contribution is -2.02. The highest BCUT2D eigenvalue weighted by Gasteiger charge is 2.14. The summed E-state index contributed by atoms with van der Waals surface area (Å²) >= 11 is 3.30. The number of pyridine rings is 1. The van der Waals surface area contributed by atoms with Crippen LogP contribution >= 0.6 is 15.9 Å². The van der Waals surface area contributed by atoms with Crippen LogP contribution in [0, 0.1) is 0 Å². The van der Waals surface area contributed by atoms with Crippen molar-refractivity contribution in [2.24, 2.45) is 0 Å². The van der Waals surface area contributed by atoms with Crippen LogP contribution in [-0.4, -0.2) is 15.8 Å². The fraction of sp³-hybridized carbons (Fsp3) is 0. The highest BCUT2D eigenvalue weighted by Crippen LogP contribution is 2.20. The molecule has 0 aliphatic carbocycles. The van der Waals surface area contributed by atoms with Crippen molar-refractivity contribution >= 4 is 32.6 Å². The molecule has 3 rings (SSSR count). The Morgan fingerprint density at radius 3 is 2.78 bits per heavy atom. The molecule has 88 valence electrons. The van der Waals surface area contributed by atoms with Crippen LogP contribution in [0.25, 0.3) is 10.9 Å². The normalized spacial score (nSPS) is 10.7.